The number of imidazole rings is 1. The third kappa shape index (κ3) is 2.98. The van der Waals surface area contributed by atoms with E-state index in [4.69, 9.17) is 0 Å². The summed E-state index contributed by atoms with van der Waals surface area (Å²) < 4.78 is 1.92. The lowest BCUT2D eigenvalue weighted by atomic mass is 10.0. The lowest BCUT2D eigenvalue weighted by Crippen LogP contribution is -2.49. The Balaban J connectivity index is 1.53. The van der Waals surface area contributed by atoms with Gasteiger partial charge in [0.25, 0.3) is 5.91 Å². The minimum Gasteiger partial charge on any atom is -0.334 e. The van der Waals surface area contributed by atoms with Gasteiger partial charge in [0.2, 0.25) is 0 Å². The van der Waals surface area contributed by atoms with E-state index in [1.165, 1.54) is 32.4 Å². The van der Waals surface area contributed by atoms with Crippen molar-refractivity contribution in [1.82, 2.24) is 19.2 Å². The minimum atomic E-state index is 0.171. The Labute approximate surface area is 136 Å². The van der Waals surface area contributed by atoms with Crippen LogP contribution >= 0.6 is 0 Å². The van der Waals surface area contributed by atoms with Gasteiger partial charge in [-0.1, -0.05) is 0 Å². The van der Waals surface area contributed by atoms with Crippen LogP contribution in [0.2, 0.25) is 0 Å². The summed E-state index contributed by atoms with van der Waals surface area (Å²) in [6.07, 6.45) is 11.7. The number of aromatic nitrogens is 2. The van der Waals surface area contributed by atoms with Gasteiger partial charge in [-0.3, -0.25) is 4.79 Å². The molecule has 0 aromatic carbocycles. The van der Waals surface area contributed by atoms with Crippen LogP contribution in [0.25, 0.3) is 5.65 Å². The number of nitrogens with zero attached hydrogens (tertiary/aromatic N) is 4. The number of hydrogen-bond acceptors (Lipinski definition) is 3. The normalized spacial score (nSPS) is 22.8. The molecule has 0 aliphatic carbocycles. The summed E-state index contributed by atoms with van der Waals surface area (Å²) in [5.41, 5.74) is 1.65. The molecule has 2 aromatic heterocycles. The average Bonchev–Trinajstić information content (AvgIpc) is 3.25. The maximum Gasteiger partial charge on any atom is 0.255 e. The van der Waals surface area contributed by atoms with Crippen LogP contribution in [-0.4, -0.2) is 57.3 Å². The number of carbonyl (C=O) groups is 1. The molecule has 5 nitrogen and oxygen atoms in total. The van der Waals surface area contributed by atoms with Gasteiger partial charge in [-0.05, 0) is 57.3 Å². The van der Waals surface area contributed by atoms with E-state index in [1.807, 2.05) is 28.9 Å². The molecule has 2 fully saturated rings. The monoisotopic (exact) mass is 312 g/mol. The summed E-state index contributed by atoms with van der Waals surface area (Å²) in [4.78, 5) is 21.9. The van der Waals surface area contributed by atoms with E-state index in [1.54, 1.807) is 6.20 Å². The van der Waals surface area contributed by atoms with Gasteiger partial charge in [-0.2, -0.15) is 0 Å². The zero-order chi connectivity index (χ0) is 15.6. The molecule has 0 bridgehead atoms. The number of carbonyl (C=O) groups excluding carboxylic acids is 1. The molecule has 1 amide bonds. The molecular formula is C18H24N4O. The third-order valence-corrected chi connectivity index (χ3v) is 5.19. The van der Waals surface area contributed by atoms with Crippen molar-refractivity contribution in [2.75, 3.05) is 26.2 Å². The Morgan fingerprint density at radius 3 is 2.83 bits per heavy atom. The molecule has 5 heteroatoms. The molecule has 0 radical (unpaired) electrons. The fraction of sp³-hybridized carbons (Fsp3) is 0.556. The van der Waals surface area contributed by atoms with Gasteiger partial charge < -0.3 is 14.2 Å². The van der Waals surface area contributed by atoms with Crippen molar-refractivity contribution < 1.29 is 4.79 Å². The van der Waals surface area contributed by atoms with Gasteiger partial charge in [0.15, 0.2) is 0 Å². The van der Waals surface area contributed by atoms with Gasteiger partial charge >= 0.3 is 0 Å². The van der Waals surface area contributed by atoms with Crippen LogP contribution in [0.3, 0.4) is 0 Å². The Hall–Kier alpha value is -1.88. The maximum atomic E-state index is 13.0. The smallest absolute Gasteiger partial charge is 0.255 e. The first-order valence-electron chi connectivity index (χ1n) is 8.77. The van der Waals surface area contributed by atoms with Crippen LogP contribution in [-0.2, 0) is 0 Å². The molecule has 0 saturated carbocycles. The van der Waals surface area contributed by atoms with Crippen molar-refractivity contribution >= 4 is 11.6 Å². The lowest BCUT2D eigenvalue weighted by Gasteiger charge is -2.38. The fourth-order valence-electron chi connectivity index (χ4n) is 3.93. The highest BCUT2D eigenvalue weighted by Gasteiger charge is 2.29. The molecule has 2 saturated heterocycles. The quantitative estimate of drug-likeness (QED) is 0.874. The van der Waals surface area contributed by atoms with Gasteiger partial charge in [-0.15, -0.1) is 0 Å². The molecule has 122 valence electrons. The second-order valence-electron chi connectivity index (χ2n) is 6.77. The average molecular weight is 312 g/mol. The number of pyridine rings is 1. The third-order valence-electron chi connectivity index (χ3n) is 5.19. The van der Waals surface area contributed by atoms with Crippen LogP contribution < -0.4 is 0 Å². The fourth-order valence-corrected chi connectivity index (χ4v) is 3.93. The van der Waals surface area contributed by atoms with Crippen LogP contribution in [0.5, 0.6) is 0 Å². The first-order chi connectivity index (χ1) is 11.3. The van der Waals surface area contributed by atoms with E-state index >= 15 is 0 Å². The zero-order valence-electron chi connectivity index (χ0n) is 13.5. The lowest BCUT2D eigenvalue weighted by molar-refractivity contribution is 0.0560. The Morgan fingerprint density at radius 1 is 1.13 bits per heavy atom. The molecule has 0 unspecified atom stereocenters. The van der Waals surface area contributed by atoms with Crippen LogP contribution in [0.4, 0.5) is 0 Å². The second kappa shape index (κ2) is 6.32. The van der Waals surface area contributed by atoms with Gasteiger partial charge in [0.05, 0.1) is 5.56 Å². The Kier molecular flexibility index (Phi) is 4.04. The van der Waals surface area contributed by atoms with Gasteiger partial charge in [0, 0.05) is 37.7 Å². The van der Waals surface area contributed by atoms with E-state index in [9.17, 15) is 4.79 Å². The van der Waals surface area contributed by atoms with Crippen molar-refractivity contribution in [3.05, 3.63) is 36.3 Å². The Morgan fingerprint density at radius 2 is 1.96 bits per heavy atom. The number of fused-ring (bicyclic) bond motifs is 1. The topological polar surface area (TPSA) is 40.9 Å². The summed E-state index contributed by atoms with van der Waals surface area (Å²) in [5, 5.41) is 0. The molecule has 23 heavy (non-hydrogen) atoms. The summed E-state index contributed by atoms with van der Waals surface area (Å²) in [6.45, 7) is 4.32. The summed E-state index contributed by atoms with van der Waals surface area (Å²) in [6, 6.07) is 4.20. The zero-order valence-corrected chi connectivity index (χ0v) is 13.5. The van der Waals surface area contributed by atoms with Crippen molar-refractivity contribution in [2.24, 2.45) is 0 Å². The first-order valence-corrected chi connectivity index (χ1v) is 8.77. The highest BCUT2D eigenvalue weighted by atomic mass is 16.2. The highest BCUT2D eigenvalue weighted by Crippen LogP contribution is 2.22. The predicted octanol–water partition coefficient (Wildman–Crippen LogP) is 2.42. The highest BCUT2D eigenvalue weighted by molar-refractivity contribution is 5.94. The summed E-state index contributed by atoms with van der Waals surface area (Å²) >= 11 is 0. The Bertz CT molecular complexity index is 689. The van der Waals surface area contributed by atoms with Crippen molar-refractivity contribution in [2.45, 2.75) is 38.1 Å². The predicted molar refractivity (Wildman–Crippen MR) is 89.5 cm³/mol. The molecule has 0 spiro atoms. The second-order valence-corrected chi connectivity index (χ2v) is 6.77. The standard InChI is InChI=1S/C18H24N4O/c23-18(15-6-7-17-19-8-12-21(17)13-15)22-11-2-1-5-16(22)14-20-9-3-4-10-20/h6-8,12-13,16H,1-5,9-11,14H2/t16-/m0/s1. The number of amides is 1. The van der Waals surface area contributed by atoms with Gasteiger partial charge in [0.1, 0.15) is 5.65 Å². The minimum absolute atomic E-state index is 0.171. The molecule has 1 atom stereocenters. The molecule has 4 heterocycles. The maximum absolute atomic E-state index is 13.0. The van der Waals surface area contributed by atoms with E-state index in [2.05, 4.69) is 14.8 Å². The molecule has 2 aliphatic rings. The first kappa shape index (κ1) is 14.7. The molecule has 0 N–H and O–H groups in total. The van der Waals surface area contributed by atoms with Crippen molar-refractivity contribution in [1.29, 1.82) is 0 Å². The molecular weight excluding hydrogens is 288 g/mol. The number of hydrogen-bond donors (Lipinski definition) is 0. The van der Waals surface area contributed by atoms with E-state index in [-0.39, 0.29) is 5.91 Å². The summed E-state index contributed by atoms with van der Waals surface area (Å²) in [5.74, 6) is 0.171. The number of rotatable bonds is 3. The number of likely N-dealkylation sites (tertiary alicyclic amines) is 2. The molecule has 2 aliphatic heterocycles. The summed E-state index contributed by atoms with van der Waals surface area (Å²) in [7, 11) is 0. The van der Waals surface area contributed by atoms with Crippen molar-refractivity contribution in [3.63, 3.8) is 0 Å². The number of piperidine rings is 1. The van der Waals surface area contributed by atoms with Gasteiger partial charge in [-0.25, -0.2) is 4.98 Å². The van der Waals surface area contributed by atoms with E-state index in [0.717, 1.165) is 37.1 Å². The largest absolute Gasteiger partial charge is 0.334 e. The van der Waals surface area contributed by atoms with Crippen molar-refractivity contribution in [3.8, 4) is 0 Å². The van der Waals surface area contributed by atoms with Crippen LogP contribution in [0, 0.1) is 0 Å². The van der Waals surface area contributed by atoms with E-state index < -0.39 is 0 Å². The molecule has 2 aromatic rings. The SMILES string of the molecule is O=C(c1ccc2nccn2c1)N1CCCC[C@H]1CN1CCCC1. The van der Waals surface area contributed by atoms with Crippen LogP contribution in [0.15, 0.2) is 30.7 Å². The molecule has 4 rings (SSSR count). The van der Waals surface area contributed by atoms with E-state index in [0.29, 0.717) is 6.04 Å². The van der Waals surface area contributed by atoms with Crippen LogP contribution in [0.1, 0.15) is 42.5 Å².